The van der Waals surface area contributed by atoms with E-state index in [1.54, 1.807) is 54.2 Å². The highest BCUT2D eigenvalue weighted by Gasteiger charge is 2.37. The summed E-state index contributed by atoms with van der Waals surface area (Å²) in [6.07, 6.45) is 5.68. The van der Waals surface area contributed by atoms with Crippen LogP contribution in [0.1, 0.15) is 63.3 Å². The minimum absolute atomic E-state index is 0.242. The van der Waals surface area contributed by atoms with Crippen LogP contribution in [0, 0.1) is 5.82 Å². The molecule has 0 aliphatic carbocycles. The molecule has 0 saturated carbocycles. The van der Waals surface area contributed by atoms with Crippen molar-refractivity contribution >= 4 is 24.0 Å². The van der Waals surface area contributed by atoms with Crippen LogP contribution in [0.3, 0.4) is 0 Å². The molecular formula is C34H39FN10O6. The topological polar surface area (TPSA) is 203 Å². The second-order valence-corrected chi connectivity index (χ2v) is 12.6. The predicted octanol–water partition coefficient (Wildman–Crippen LogP) is 4.13. The number of likely N-dealkylation sites (tertiary alicyclic amines) is 2. The molecule has 4 atom stereocenters. The highest BCUT2D eigenvalue weighted by molar-refractivity contribution is 5.86. The molecule has 2 saturated heterocycles. The lowest BCUT2D eigenvalue weighted by Crippen LogP contribution is -2.47. The number of halogens is 1. The van der Waals surface area contributed by atoms with E-state index in [1.165, 1.54) is 26.4 Å². The molecule has 0 bridgehead atoms. The maximum Gasteiger partial charge on any atom is 0.407 e. The molecular weight excluding hydrogens is 663 g/mol. The number of nitrogens with one attached hydrogen (secondary N) is 3. The van der Waals surface area contributed by atoms with Crippen molar-refractivity contribution in [2.45, 2.75) is 63.7 Å². The molecule has 3 aromatic heterocycles. The zero-order valence-electron chi connectivity index (χ0n) is 28.6. The molecule has 4 aromatic rings. The van der Waals surface area contributed by atoms with Gasteiger partial charge in [-0.1, -0.05) is 6.07 Å². The summed E-state index contributed by atoms with van der Waals surface area (Å²) < 4.78 is 20.2. The third-order valence-corrected chi connectivity index (χ3v) is 9.47. The Bertz CT molecular complexity index is 1950. The van der Waals surface area contributed by atoms with Crippen LogP contribution in [-0.4, -0.2) is 113 Å². The van der Waals surface area contributed by atoms with Crippen molar-refractivity contribution < 1.29 is 33.4 Å². The number of alkyl carbamates (subject to hydrolysis) is 1. The van der Waals surface area contributed by atoms with Gasteiger partial charge in [0, 0.05) is 37.5 Å². The van der Waals surface area contributed by atoms with E-state index < -0.39 is 30.1 Å². The van der Waals surface area contributed by atoms with Crippen LogP contribution in [0.4, 0.5) is 14.0 Å². The summed E-state index contributed by atoms with van der Waals surface area (Å²) in [5.74, 6) is 0.284. The third kappa shape index (κ3) is 7.09. The number of methoxy groups -OCH3 is 1. The van der Waals surface area contributed by atoms with E-state index in [0.717, 1.165) is 17.7 Å². The highest BCUT2D eigenvalue weighted by atomic mass is 19.1. The summed E-state index contributed by atoms with van der Waals surface area (Å²) >= 11 is 0. The predicted molar refractivity (Wildman–Crippen MR) is 180 cm³/mol. The van der Waals surface area contributed by atoms with Gasteiger partial charge in [-0.25, -0.2) is 33.9 Å². The smallest absolute Gasteiger partial charge is 0.407 e. The summed E-state index contributed by atoms with van der Waals surface area (Å²) in [5.41, 5.74) is 2.27. The van der Waals surface area contributed by atoms with Gasteiger partial charge in [-0.3, -0.25) is 14.5 Å². The number of ether oxygens (including phenoxy) is 1. The third-order valence-electron chi connectivity index (χ3n) is 9.47. The van der Waals surface area contributed by atoms with Crippen LogP contribution in [0.25, 0.3) is 34.0 Å². The van der Waals surface area contributed by atoms with E-state index in [9.17, 15) is 24.3 Å². The van der Waals surface area contributed by atoms with E-state index in [4.69, 9.17) is 0 Å². The average Bonchev–Trinajstić information content (AvgIpc) is 3.96. The van der Waals surface area contributed by atoms with E-state index >= 15 is 4.39 Å². The highest BCUT2D eigenvalue weighted by Crippen LogP contribution is 2.34. The number of imidazole rings is 2. The van der Waals surface area contributed by atoms with Crippen LogP contribution < -0.4 is 5.32 Å². The van der Waals surface area contributed by atoms with Crippen molar-refractivity contribution in [3.05, 3.63) is 60.3 Å². The van der Waals surface area contributed by atoms with Crippen LogP contribution >= 0.6 is 0 Å². The zero-order valence-corrected chi connectivity index (χ0v) is 28.6. The number of hydrogen-bond acceptors (Lipinski definition) is 9. The first-order chi connectivity index (χ1) is 24.5. The van der Waals surface area contributed by atoms with Gasteiger partial charge < -0.3 is 34.9 Å². The largest absolute Gasteiger partial charge is 0.465 e. The molecule has 16 nitrogen and oxygen atoms in total. The molecule has 1 aromatic carbocycles. The number of likely N-dealkylation sites (N-methyl/N-ethyl adjacent to an activating group) is 1. The molecule has 0 spiro atoms. The maximum atomic E-state index is 15.6. The van der Waals surface area contributed by atoms with Gasteiger partial charge in [-0.15, -0.1) is 0 Å². The monoisotopic (exact) mass is 702 g/mol. The molecule has 5 heterocycles. The summed E-state index contributed by atoms with van der Waals surface area (Å²) in [4.78, 5) is 77.9. The molecule has 2 aliphatic rings. The Morgan fingerprint density at radius 3 is 2.22 bits per heavy atom. The van der Waals surface area contributed by atoms with Gasteiger partial charge in [0.15, 0.2) is 5.82 Å². The standard InChI is InChI=1S/C34H39FN10O6/c1-18(39-33(48)51-4)31(46)44-13-5-7-26(44)30-38-17-25(42-30)23-11-12-36-28(40-23)20-9-10-21(22(35)15-20)24-16-37-29(41-24)27-8-6-14-45(27)32(47)19(2)43(3)34(49)50/h9-12,15-19,26-27H,5-8,13-14H2,1-4H3,(H,37,41)(H,38,42)(H,39,48)(H,49,50)/t18-,19-,26-,27-/m0/s1. The second-order valence-electron chi connectivity index (χ2n) is 12.6. The number of H-pyrrole nitrogens is 2. The number of aromatic amines is 2. The molecule has 0 radical (unpaired) electrons. The molecule has 268 valence electrons. The Labute approximate surface area is 292 Å². The number of rotatable bonds is 9. The summed E-state index contributed by atoms with van der Waals surface area (Å²) in [6.45, 7) is 4.14. The van der Waals surface area contributed by atoms with E-state index in [2.05, 4.69) is 40.0 Å². The lowest BCUT2D eigenvalue weighted by Gasteiger charge is -2.29. The fraction of sp³-hybridized carbons (Fsp3) is 0.412. The van der Waals surface area contributed by atoms with Crippen molar-refractivity contribution in [3.63, 3.8) is 0 Å². The Morgan fingerprint density at radius 1 is 0.961 bits per heavy atom. The summed E-state index contributed by atoms with van der Waals surface area (Å²) in [6, 6.07) is 4.03. The molecule has 2 aliphatic heterocycles. The van der Waals surface area contributed by atoms with Crippen LogP contribution in [0.2, 0.25) is 0 Å². The Hall–Kier alpha value is -5.87. The quantitative estimate of drug-likeness (QED) is 0.196. The molecule has 2 fully saturated rings. The molecule has 6 rings (SSSR count). The maximum absolute atomic E-state index is 15.6. The van der Waals surface area contributed by atoms with E-state index in [-0.39, 0.29) is 29.5 Å². The fourth-order valence-electron chi connectivity index (χ4n) is 6.55. The SMILES string of the molecule is COC(=O)N[C@@H](C)C(=O)N1CCC[C@H]1c1ncc(-c2ccnc(-c3ccc(-c4cnc([C@@H]5CCCN5C(=O)[C@H](C)N(C)C(=O)O)[nH]4)c(F)c3)n2)[nH]1. The van der Waals surface area contributed by atoms with Gasteiger partial charge in [0.05, 0.1) is 48.7 Å². The lowest BCUT2D eigenvalue weighted by atomic mass is 10.1. The second kappa shape index (κ2) is 14.5. The number of carbonyl (C=O) groups excluding carboxylic acids is 3. The first-order valence-electron chi connectivity index (χ1n) is 16.6. The number of amides is 4. The van der Waals surface area contributed by atoms with E-state index in [1.807, 2.05) is 0 Å². The van der Waals surface area contributed by atoms with Gasteiger partial charge in [-0.2, -0.15) is 0 Å². The van der Waals surface area contributed by atoms with Crippen molar-refractivity contribution in [2.75, 3.05) is 27.2 Å². The van der Waals surface area contributed by atoms with Crippen molar-refractivity contribution in [2.24, 2.45) is 0 Å². The lowest BCUT2D eigenvalue weighted by molar-refractivity contribution is -0.136. The van der Waals surface area contributed by atoms with Crippen LogP contribution in [0.15, 0.2) is 42.9 Å². The Kier molecular flexibility index (Phi) is 9.97. The van der Waals surface area contributed by atoms with Gasteiger partial charge in [0.1, 0.15) is 29.5 Å². The van der Waals surface area contributed by atoms with Gasteiger partial charge >= 0.3 is 12.2 Å². The number of aromatic nitrogens is 6. The molecule has 0 unspecified atom stereocenters. The number of benzene rings is 1. The van der Waals surface area contributed by atoms with Gasteiger partial charge in [-0.05, 0) is 57.7 Å². The molecule has 4 amide bonds. The number of hydrogen-bond donors (Lipinski definition) is 4. The minimum Gasteiger partial charge on any atom is -0.465 e. The van der Waals surface area contributed by atoms with Crippen LogP contribution in [-0.2, 0) is 14.3 Å². The first kappa shape index (κ1) is 35.0. The Balaban J connectivity index is 1.16. The number of nitrogens with zero attached hydrogens (tertiary/aromatic N) is 7. The molecule has 17 heteroatoms. The van der Waals surface area contributed by atoms with Crippen LogP contribution in [0.5, 0.6) is 0 Å². The fourth-order valence-corrected chi connectivity index (χ4v) is 6.55. The normalized spacial score (nSPS) is 18.4. The van der Waals surface area contributed by atoms with Gasteiger partial charge in [0.25, 0.3) is 0 Å². The first-order valence-corrected chi connectivity index (χ1v) is 16.6. The van der Waals surface area contributed by atoms with E-state index in [0.29, 0.717) is 66.0 Å². The zero-order chi connectivity index (χ0) is 36.4. The minimum atomic E-state index is -1.19. The number of carbonyl (C=O) groups is 4. The molecule has 51 heavy (non-hydrogen) atoms. The van der Waals surface area contributed by atoms with Crippen molar-refractivity contribution in [1.29, 1.82) is 0 Å². The van der Waals surface area contributed by atoms with Crippen molar-refractivity contribution in [1.82, 2.24) is 49.9 Å². The summed E-state index contributed by atoms with van der Waals surface area (Å²) in [7, 11) is 2.59. The molecule has 4 N–H and O–H groups in total. The van der Waals surface area contributed by atoms with Crippen molar-refractivity contribution in [3.8, 4) is 34.0 Å². The summed E-state index contributed by atoms with van der Waals surface area (Å²) in [5, 5.41) is 11.8. The van der Waals surface area contributed by atoms with Gasteiger partial charge in [0.2, 0.25) is 11.8 Å². The Morgan fingerprint density at radius 2 is 1.59 bits per heavy atom. The average molecular weight is 703 g/mol. The number of carboxylic acid groups (broad SMARTS) is 1.